The molecular formula is C14H20ClNO. The highest BCUT2D eigenvalue weighted by Crippen LogP contribution is 2.33. The fourth-order valence-corrected chi connectivity index (χ4v) is 2.67. The van der Waals surface area contributed by atoms with Crippen molar-refractivity contribution in [2.45, 2.75) is 45.1 Å². The van der Waals surface area contributed by atoms with E-state index >= 15 is 0 Å². The van der Waals surface area contributed by atoms with Crippen molar-refractivity contribution in [2.75, 3.05) is 5.73 Å². The van der Waals surface area contributed by atoms with E-state index in [-0.39, 0.29) is 0 Å². The van der Waals surface area contributed by atoms with Crippen LogP contribution in [0.4, 0.5) is 5.69 Å². The van der Waals surface area contributed by atoms with Gasteiger partial charge in [0.1, 0.15) is 5.75 Å². The van der Waals surface area contributed by atoms with Gasteiger partial charge in [-0.25, -0.2) is 0 Å². The number of anilines is 1. The number of ether oxygens (including phenoxy) is 1. The van der Waals surface area contributed by atoms with Crippen molar-refractivity contribution in [1.82, 2.24) is 0 Å². The monoisotopic (exact) mass is 253 g/mol. The molecule has 1 aromatic rings. The average molecular weight is 254 g/mol. The summed E-state index contributed by atoms with van der Waals surface area (Å²) >= 11 is 6.11. The van der Waals surface area contributed by atoms with Crippen molar-refractivity contribution >= 4 is 17.3 Å². The van der Waals surface area contributed by atoms with E-state index in [1.54, 1.807) is 12.1 Å². The molecule has 0 spiro atoms. The van der Waals surface area contributed by atoms with Gasteiger partial charge in [0.25, 0.3) is 0 Å². The molecule has 0 aromatic heterocycles. The predicted octanol–water partition coefficient (Wildman–Crippen LogP) is 4.27. The highest BCUT2D eigenvalue weighted by Gasteiger charge is 2.22. The smallest absolute Gasteiger partial charge is 0.140 e. The third-order valence-electron chi connectivity index (χ3n) is 3.56. The largest absolute Gasteiger partial charge is 0.489 e. The van der Waals surface area contributed by atoms with Crippen LogP contribution in [0, 0.1) is 5.92 Å². The summed E-state index contributed by atoms with van der Waals surface area (Å²) in [4.78, 5) is 0. The molecule has 0 saturated heterocycles. The van der Waals surface area contributed by atoms with Crippen LogP contribution in [0.5, 0.6) is 5.75 Å². The number of rotatable bonds is 3. The van der Waals surface area contributed by atoms with Gasteiger partial charge in [-0.1, -0.05) is 31.4 Å². The first-order valence-electron chi connectivity index (χ1n) is 6.40. The van der Waals surface area contributed by atoms with Gasteiger partial charge < -0.3 is 10.5 Å². The second kappa shape index (κ2) is 5.63. The van der Waals surface area contributed by atoms with Gasteiger partial charge in [0.15, 0.2) is 0 Å². The molecule has 2 rings (SSSR count). The molecule has 1 saturated carbocycles. The maximum atomic E-state index is 6.11. The molecule has 0 aliphatic heterocycles. The molecule has 1 aliphatic carbocycles. The molecule has 3 heteroatoms. The van der Waals surface area contributed by atoms with Crippen LogP contribution in [-0.2, 0) is 0 Å². The van der Waals surface area contributed by atoms with E-state index in [9.17, 15) is 0 Å². The quantitative estimate of drug-likeness (QED) is 0.817. The zero-order chi connectivity index (χ0) is 12.3. The number of hydrogen-bond acceptors (Lipinski definition) is 2. The van der Waals surface area contributed by atoms with E-state index in [1.807, 2.05) is 6.07 Å². The van der Waals surface area contributed by atoms with Crippen molar-refractivity contribution in [3.63, 3.8) is 0 Å². The summed E-state index contributed by atoms with van der Waals surface area (Å²) < 4.78 is 5.99. The van der Waals surface area contributed by atoms with Crippen molar-refractivity contribution < 1.29 is 4.74 Å². The van der Waals surface area contributed by atoms with Crippen LogP contribution in [0.1, 0.15) is 39.0 Å². The van der Waals surface area contributed by atoms with Crippen molar-refractivity contribution in [3.05, 3.63) is 23.2 Å². The standard InChI is InChI=1S/C14H20ClNO/c1-2-10-4-3-5-12(8-10)17-14-9-11(16)6-7-13(14)15/h6-7,9-10,12H,2-5,8,16H2,1H3. The van der Waals surface area contributed by atoms with Gasteiger partial charge in [0, 0.05) is 11.8 Å². The van der Waals surface area contributed by atoms with Gasteiger partial charge in [0.2, 0.25) is 0 Å². The minimum absolute atomic E-state index is 0.299. The fourth-order valence-electron chi connectivity index (χ4n) is 2.51. The van der Waals surface area contributed by atoms with Gasteiger partial charge in [-0.15, -0.1) is 0 Å². The molecule has 94 valence electrons. The molecule has 2 atom stereocenters. The van der Waals surface area contributed by atoms with Crippen LogP contribution in [0.15, 0.2) is 18.2 Å². The minimum atomic E-state index is 0.299. The molecule has 0 amide bonds. The molecule has 0 radical (unpaired) electrons. The Labute approximate surface area is 108 Å². The molecule has 17 heavy (non-hydrogen) atoms. The lowest BCUT2D eigenvalue weighted by atomic mass is 9.85. The minimum Gasteiger partial charge on any atom is -0.489 e. The van der Waals surface area contributed by atoms with Crippen molar-refractivity contribution in [1.29, 1.82) is 0 Å². The highest BCUT2D eigenvalue weighted by molar-refractivity contribution is 6.32. The number of hydrogen-bond donors (Lipinski definition) is 1. The maximum absolute atomic E-state index is 6.11. The Bertz CT molecular complexity index is 380. The zero-order valence-corrected chi connectivity index (χ0v) is 11.0. The molecule has 1 aliphatic rings. The SMILES string of the molecule is CCC1CCCC(Oc2cc(N)ccc2Cl)C1. The van der Waals surface area contributed by atoms with E-state index in [4.69, 9.17) is 22.1 Å². The van der Waals surface area contributed by atoms with E-state index in [1.165, 1.54) is 19.3 Å². The van der Waals surface area contributed by atoms with Gasteiger partial charge in [-0.3, -0.25) is 0 Å². The van der Waals surface area contributed by atoms with E-state index in [0.717, 1.165) is 24.5 Å². The topological polar surface area (TPSA) is 35.2 Å². The summed E-state index contributed by atoms with van der Waals surface area (Å²) in [5.74, 6) is 1.53. The lowest BCUT2D eigenvalue weighted by Crippen LogP contribution is -2.25. The summed E-state index contributed by atoms with van der Waals surface area (Å²) in [5.41, 5.74) is 6.45. The highest BCUT2D eigenvalue weighted by atomic mass is 35.5. The van der Waals surface area contributed by atoms with Crippen LogP contribution >= 0.6 is 11.6 Å². The summed E-state index contributed by atoms with van der Waals surface area (Å²) in [6.07, 6.45) is 6.39. The summed E-state index contributed by atoms with van der Waals surface area (Å²) in [6, 6.07) is 5.41. The van der Waals surface area contributed by atoms with Crippen LogP contribution in [0.2, 0.25) is 5.02 Å². The Balaban J connectivity index is 2.02. The summed E-state index contributed by atoms with van der Waals surface area (Å²) in [5, 5.41) is 0.651. The van der Waals surface area contributed by atoms with Gasteiger partial charge in [-0.2, -0.15) is 0 Å². The first-order chi connectivity index (χ1) is 8.19. The Hall–Kier alpha value is -0.890. The van der Waals surface area contributed by atoms with Gasteiger partial charge >= 0.3 is 0 Å². The number of nitrogens with two attached hydrogens (primary N) is 1. The van der Waals surface area contributed by atoms with Crippen LogP contribution in [0.3, 0.4) is 0 Å². The molecule has 2 unspecified atom stereocenters. The van der Waals surface area contributed by atoms with Crippen molar-refractivity contribution in [2.24, 2.45) is 5.92 Å². The van der Waals surface area contributed by atoms with E-state index in [2.05, 4.69) is 6.92 Å². The number of halogens is 1. The van der Waals surface area contributed by atoms with Gasteiger partial charge in [-0.05, 0) is 37.3 Å². The Kier molecular flexibility index (Phi) is 4.16. The molecule has 2 nitrogen and oxygen atoms in total. The fraction of sp³-hybridized carbons (Fsp3) is 0.571. The third-order valence-corrected chi connectivity index (χ3v) is 3.87. The van der Waals surface area contributed by atoms with Crippen LogP contribution < -0.4 is 10.5 Å². The molecule has 1 fully saturated rings. The lowest BCUT2D eigenvalue weighted by Gasteiger charge is -2.29. The zero-order valence-electron chi connectivity index (χ0n) is 10.3. The average Bonchev–Trinajstić information content (AvgIpc) is 2.34. The third kappa shape index (κ3) is 3.29. The number of nitrogen functional groups attached to an aromatic ring is 1. The van der Waals surface area contributed by atoms with E-state index < -0.39 is 0 Å². The molecule has 0 bridgehead atoms. The Morgan fingerprint density at radius 2 is 2.24 bits per heavy atom. The molecule has 1 aromatic carbocycles. The van der Waals surface area contributed by atoms with E-state index in [0.29, 0.717) is 16.8 Å². The summed E-state index contributed by atoms with van der Waals surface area (Å²) in [7, 11) is 0. The lowest BCUT2D eigenvalue weighted by molar-refractivity contribution is 0.122. The van der Waals surface area contributed by atoms with Gasteiger partial charge in [0.05, 0.1) is 11.1 Å². The first-order valence-corrected chi connectivity index (χ1v) is 6.78. The summed E-state index contributed by atoms with van der Waals surface area (Å²) in [6.45, 7) is 2.25. The van der Waals surface area contributed by atoms with Crippen LogP contribution in [0.25, 0.3) is 0 Å². The maximum Gasteiger partial charge on any atom is 0.140 e. The Morgan fingerprint density at radius 3 is 3.00 bits per heavy atom. The molecule has 0 heterocycles. The Morgan fingerprint density at radius 1 is 1.41 bits per heavy atom. The normalized spacial score (nSPS) is 24.6. The first kappa shape index (κ1) is 12.6. The van der Waals surface area contributed by atoms with Crippen molar-refractivity contribution in [3.8, 4) is 5.75 Å². The molecule has 2 N–H and O–H groups in total. The predicted molar refractivity (Wildman–Crippen MR) is 72.5 cm³/mol. The second-order valence-electron chi connectivity index (χ2n) is 4.87. The molecular weight excluding hydrogens is 234 g/mol. The van der Waals surface area contributed by atoms with Crippen LogP contribution in [-0.4, -0.2) is 6.10 Å². The second-order valence-corrected chi connectivity index (χ2v) is 5.28. The number of benzene rings is 1.